The first-order chi connectivity index (χ1) is 8.27. The van der Waals surface area contributed by atoms with Gasteiger partial charge in [-0.05, 0) is 49.1 Å². The van der Waals surface area contributed by atoms with Gasteiger partial charge in [0.2, 0.25) is 5.71 Å². The molecular weight excluding hydrogens is 238 g/mol. The highest BCUT2D eigenvalue weighted by Crippen LogP contribution is 2.30. The van der Waals surface area contributed by atoms with E-state index >= 15 is 0 Å². The van der Waals surface area contributed by atoms with Crippen LogP contribution < -0.4 is 0 Å². The normalized spacial score (nSPS) is 15.5. The number of carbonyl (C=O) groups excluding carboxylic acids is 1. The Kier molecular flexibility index (Phi) is 3.78. The molecule has 1 aliphatic carbocycles. The molecule has 0 amide bonds. The first kappa shape index (κ1) is 12.1. The van der Waals surface area contributed by atoms with E-state index in [1.807, 2.05) is 5.38 Å². The summed E-state index contributed by atoms with van der Waals surface area (Å²) in [5.74, 6) is -0.551. The number of fused-ring (bicyclic) bond motifs is 1. The Labute approximate surface area is 104 Å². The molecule has 0 atom stereocenters. The number of aryl methyl sites for hydroxylation is 1. The van der Waals surface area contributed by atoms with Crippen molar-refractivity contribution < 1.29 is 14.7 Å². The zero-order valence-corrected chi connectivity index (χ0v) is 10.5. The minimum absolute atomic E-state index is 0.0417. The van der Waals surface area contributed by atoms with Crippen molar-refractivity contribution in [3.63, 3.8) is 0 Å². The molecule has 0 saturated heterocycles. The van der Waals surface area contributed by atoms with Crippen LogP contribution in [0.1, 0.15) is 35.8 Å². The lowest BCUT2D eigenvalue weighted by molar-refractivity contribution is -0.135. The summed E-state index contributed by atoms with van der Waals surface area (Å²) in [5.41, 5.74) is 2.48. The van der Waals surface area contributed by atoms with Gasteiger partial charge < -0.3 is 9.94 Å². The maximum absolute atomic E-state index is 11.7. The van der Waals surface area contributed by atoms with E-state index < -0.39 is 5.97 Å². The Morgan fingerprint density at radius 3 is 3.00 bits per heavy atom. The van der Waals surface area contributed by atoms with Crippen molar-refractivity contribution in [2.24, 2.45) is 5.16 Å². The van der Waals surface area contributed by atoms with Crippen LogP contribution >= 0.6 is 11.3 Å². The number of hydrogen-bond acceptors (Lipinski definition) is 5. The summed E-state index contributed by atoms with van der Waals surface area (Å²) in [7, 11) is 0. The number of hydrogen-bond donors (Lipinski definition) is 1. The Bertz CT molecular complexity index is 451. The molecule has 0 spiro atoms. The van der Waals surface area contributed by atoms with Crippen LogP contribution in [0.4, 0.5) is 0 Å². The lowest BCUT2D eigenvalue weighted by atomic mass is 9.93. The van der Waals surface area contributed by atoms with Crippen LogP contribution in [0.5, 0.6) is 0 Å². The summed E-state index contributed by atoms with van der Waals surface area (Å²) >= 11 is 1.46. The Hall–Kier alpha value is -1.36. The van der Waals surface area contributed by atoms with Gasteiger partial charge in [-0.2, -0.15) is 0 Å². The molecule has 1 N–H and O–H groups in total. The fourth-order valence-corrected chi connectivity index (χ4v) is 3.23. The molecule has 17 heavy (non-hydrogen) atoms. The van der Waals surface area contributed by atoms with Gasteiger partial charge in [-0.1, -0.05) is 5.16 Å². The first-order valence-corrected chi connectivity index (χ1v) is 6.64. The molecule has 0 saturated carbocycles. The van der Waals surface area contributed by atoms with Crippen molar-refractivity contribution in [3.8, 4) is 0 Å². The molecule has 92 valence electrons. The quantitative estimate of drug-likeness (QED) is 0.389. The molecule has 0 fully saturated rings. The van der Waals surface area contributed by atoms with Crippen LogP contribution in [0.15, 0.2) is 10.5 Å². The molecule has 1 aliphatic rings. The minimum atomic E-state index is -0.551. The van der Waals surface area contributed by atoms with E-state index in [4.69, 9.17) is 9.94 Å². The second kappa shape index (κ2) is 5.31. The van der Waals surface area contributed by atoms with Gasteiger partial charge in [-0.3, -0.25) is 0 Å². The van der Waals surface area contributed by atoms with Gasteiger partial charge >= 0.3 is 5.97 Å². The summed E-state index contributed by atoms with van der Waals surface area (Å²) in [6, 6.07) is 0. The number of nitrogens with zero attached hydrogens (tertiary/aromatic N) is 1. The molecule has 1 heterocycles. The lowest BCUT2D eigenvalue weighted by Gasteiger charge is -2.12. The molecule has 5 heteroatoms. The van der Waals surface area contributed by atoms with Crippen molar-refractivity contribution in [1.82, 2.24) is 0 Å². The molecule has 0 unspecified atom stereocenters. The van der Waals surface area contributed by atoms with Gasteiger partial charge in [0.05, 0.1) is 11.5 Å². The maximum atomic E-state index is 11.7. The van der Waals surface area contributed by atoms with Crippen LogP contribution in [0.25, 0.3) is 0 Å². The third-order valence-electron chi connectivity index (χ3n) is 2.89. The minimum Gasteiger partial charge on any atom is -0.461 e. The number of esters is 1. The highest BCUT2D eigenvalue weighted by molar-refractivity contribution is 7.13. The average molecular weight is 253 g/mol. The summed E-state index contributed by atoms with van der Waals surface area (Å²) in [6.45, 7) is 2.02. The summed E-state index contributed by atoms with van der Waals surface area (Å²) in [5, 5.41) is 14.1. The second-order valence-electron chi connectivity index (χ2n) is 3.94. The molecule has 4 nitrogen and oxygen atoms in total. The topological polar surface area (TPSA) is 58.9 Å². The fourth-order valence-electron chi connectivity index (χ4n) is 2.10. The smallest absolute Gasteiger partial charge is 0.361 e. The molecule has 1 aromatic heterocycles. The van der Waals surface area contributed by atoms with Gasteiger partial charge in [-0.15, -0.1) is 11.3 Å². The summed E-state index contributed by atoms with van der Waals surface area (Å²) in [6.07, 6.45) is 4.31. The van der Waals surface area contributed by atoms with Gasteiger partial charge in [0.1, 0.15) is 0 Å². The SMILES string of the molecule is CCOC(=O)C(=NO)c1scc2c1CCCC2. The van der Waals surface area contributed by atoms with E-state index in [1.54, 1.807) is 6.92 Å². The van der Waals surface area contributed by atoms with E-state index in [0.717, 1.165) is 29.7 Å². The Morgan fingerprint density at radius 2 is 2.29 bits per heavy atom. The van der Waals surface area contributed by atoms with Gasteiger partial charge in [-0.25, -0.2) is 4.79 Å². The fraction of sp³-hybridized carbons (Fsp3) is 0.500. The molecular formula is C12H15NO3S. The van der Waals surface area contributed by atoms with E-state index in [1.165, 1.54) is 23.3 Å². The van der Waals surface area contributed by atoms with Crippen molar-refractivity contribution in [2.45, 2.75) is 32.6 Å². The van der Waals surface area contributed by atoms with Crippen molar-refractivity contribution in [1.29, 1.82) is 0 Å². The molecule has 0 bridgehead atoms. The highest BCUT2D eigenvalue weighted by atomic mass is 32.1. The molecule has 2 rings (SSSR count). The number of thiophene rings is 1. The average Bonchev–Trinajstić information content (AvgIpc) is 2.75. The standard InChI is InChI=1S/C12H15NO3S/c1-2-16-12(14)10(13-15)11-9-6-4-3-5-8(9)7-17-11/h7,15H,2-6H2,1H3. The monoisotopic (exact) mass is 253 g/mol. The molecule has 0 aliphatic heterocycles. The van der Waals surface area contributed by atoms with E-state index in [2.05, 4.69) is 5.16 Å². The predicted octanol–water partition coefficient (Wildman–Crippen LogP) is 2.37. The van der Waals surface area contributed by atoms with Crippen LogP contribution in [0, 0.1) is 0 Å². The van der Waals surface area contributed by atoms with Crippen molar-refractivity contribution in [2.75, 3.05) is 6.61 Å². The van der Waals surface area contributed by atoms with Crippen LogP contribution in [-0.2, 0) is 22.4 Å². The largest absolute Gasteiger partial charge is 0.461 e. The Balaban J connectivity index is 2.32. The summed E-state index contributed by atoms with van der Waals surface area (Å²) in [4.78, 5) is 12.4. The van der Waals surface area contributed by atoms with Gasteiger partial charge in [0.15, 0.2) is 0 Å². The Morgan fingerprint density at radius 1 is 1.53 bits per heavy atom. The molecule has 0 aromatic carbocycles. The van der Waals surface area contributed by atoms with E-state index in [9.17, 15) is 4.79 Å². The molecule has 1 aromatic rings. The number of oxime groups is 1. The third kappa shape index (κ3) is 2.34. The van der Waals surface area contributed by atoms with E-state index in [-0.39, 0.29) is 12.3 Å². The number of carbonyl (C=O) groups is 1. The maximum Gasteiger partial charge on any atom is 0.361 e. The second-order valence-corrected chi connectivity index (χ2v) is 4.82. The summed E-state index contributed by atoms with van der Waals surface area (Å²) < 4.78 is 4.89. The number of ether oxygens (including phenoxy) is 1. The molecule has 0 radical (unpaired) electrons. The van der Waals surface area contributed by atoms with Gasteiger partial charge in [0.25, 0.3) is 0 Å². The van der Waals surface area contributed by atoms with E-state index in [0.29, 0.717) is 0 Å². The predicted molar refractivity (Wildman–Crippen MR) is 65.9 cm³/mol. The number of rotatable bonds is 3. The highest BCUT2D eigenvalue weighted by Gasteiger charge is 2.24. The lowest BCUT2D eigenvalue weighted by Crippen LogP contribution is -2.19. The van der Waals surface area contributed by atoms with Crippen LogP contribution in [-0.4, -0.2) is 23.5 Å². The first-order valence-electron chi connectivity index (χ1n) is 5.76. The van der Waals surface area contributed by atoms with Crippen LogP contribution in [0.3, 0.4) is 0 Å². The third-order valence-corrected chi connectivity index (χ3v) is 3.97. The van der Waals surface area contributed by atoms with Crippen LogP contribution in [0.2, 0.25) is 0 Å². The zero-order chi connectivity index (χ0) is 12.3. The van der Waals surface area contributed by atoms with Crippen molar-refractivity contribution >= 4 is 23.0 Å². The van der Waals surface area contributed by atoms with Gasteiger partial charge in [0, 0.05) is 0 Å². The zero-order valence-electron chi connectivity index (χ0n) is 9.73. The van der Waals surface area contributed by atoms with Crippen molar-refractivity contribution in [3.05, 3.63) is 21.4 Å².